The van der Waals surface area contributed by atoms with Crippen molar-refractivity contribution in [3.05, 3.63) is 113 Å². The standard InChI is InChI=1S/C32H30ClN3O3/c1-21(2)34-31(38)28(18-22-10-4-3-5-11-22)35(19-24-12-6-7-16-26(24)33)29(37)20-36-27-17-9-14-23-13-8-15-25(30(23)27)32(36)39/h3-17,21,28H,18-20H2,1-2H3,(H,34,38)/t28-/m1/s1. The molecule has 0 spiro atoms. The molecular weight excluding hydrogens is 510 g/mol. The number of carbonyl (C=O) groups is 3. The molecule has 3 amide bonds. The number of hydrogen-bond donors (Lipinski definition) is 1. The molecule has 0 saturated heterocycles. The van der Waals surface area contributed by atoms with Crippen molar-refractivity contribution in [2.75, 3.05) is 11.4 Å². The van der Waals surface area contributed by atoms with Gasteiger partial charge in [0.15, 0.2) is 0 Å². The molecule has 1 atom stereocenters. The number of anilines is 1. The van der Waals surface area contributed by atoms with Gasteiger partial charge in [-0.3, -0.25) is 19.3 Å². The Bertz CT molecular complexity index is 1530. The van der Waals surface area contributed by atoms with Gasteiger partial charge >= 0.3 is 0 Å². The third-order valence-electron chi connectivity index (χ3n) is 6.94. The maximum absolute atomic E-state index is 14.2. The van der Waals surface area contributed by atoms with Crippen LogP contribution >= 0.6 is 11.6 Å². The van der Waals surface area contributed by atoms with Crippen LogP contribution in [-0.4, -0.2) is 41.2 Å². The summed E-state index contributed by atoms with van der Waals surface area (Å²) in [4.78, 5) is 44.3. The molecule has 0 saturated carbocycles. The Kier molecular flexibility index (Phi) is 7.66. The second-order valence-electron chi connectivity index (χ2n) is 10.1. The Hall–Kier alpha value is -4.16. The largest absolute Gasteiger partial charge is 0.352 e. The number of amides is 3. The molecule has 6 nitrogen and oxygen atoms in total. The molecule has 0 radical (unpaired) electrons. The van der Waals surface area contributed by atoms with Gasteiger partial charge in [0, 0.05) is 35.0 Å². The van der Waals surface area contributed by atoms with Crippen LogP contribution in [0.3, 0.4) is 0 Å². The highest BCUT2D eigenvalue weighted by Gasteiger charge is 2.36. The zero-order valence-electron chi connectivity index (χ0n) is 21.9. The Labute approximate surface area is 233 Å². The zero-order valence-corrected chi connectivity index (χ0v) is 22.7. The van der Waals surface area contributed by atoms with Crippen LogP contribution in [0.25, 0.3) is 10.8 Å². The minimum Gasteiger partial charge on any atom is -0.352 e. The lowest BCUT2D eigenvalue weighted by Gasteiger charge is -2.33. The molecule has 0 fully saturated rings. The van der Waals surface area contributed by atoms with Gasteiger partial charge < -0.3 is 10.2 Å². The van der Waals surface area contributed by atoms with Gasteiger partial charge in [0.2, 0.25) is 11.8 Å². The molecule has 1 N–H and O–H groups in total. The predicted octanol–water partition coefficient (Wildman–Crippen LogP) is 5.62. The fourth-order valence-corrected chi connectivity index (χ4v) is 5.30. The van der Waals surface area contributed by atoms with Crippen molar-refractivity contribution < 1.29 is 14.4 Å². The smallest absolute Gasteiger partial charge is 0.259 e. The van der Waals surface area contributed by atoms with Crippen molar-refractivity contribution in [2.24, 2.45) is 0 Å². The number of carbonyl (C=O) groups excluding carboxylic acids is 3. The molecule has 0 aromatic heterocycles. The molecule has 4 aromatic rings. The third kappa shape index (κ3) is 5.52. The fourth-order valence-electron chi connectivity index (χ4n) is 5.11. The zero-order chi connectivity index (χ0) is 27.5. The molecule has 0 aliphatic carbocycles. The molecule has 0 bridgehead atoms. The molecular formula is C32H30ClN3O3. The van der Waals surface area contributed by atoms with Crippen molar-refractivity contribution >= 4 is 45.8 Å². The number of nitrogens with one attached hydrogen (secondary N) is 1. The van der Waals surface area contributed by atoms with Crippen LogP contribution < -0.4 is 10.2 Å². The summed E-state index contributed by atoms with van der Waals surface area (Å²) in [5, 5.41) is 5.28. The molecule has 39 heavy (non-hydrogen) atoms. The van der Waals surface area contributed by atoms with Gasteiger partial charge in [0.1, 0.15) is 12.6 Å². The van der Waals surface area contributed by atoms with E-state index in [-0.39, 0.29) is 36.9 Å². The summed E-state index contributed by atoms with van der Waals surface area (Å²) in [6, 6.07) is 27.3. The average molecular weight is 540 g/mol. The highest BCUT2D eigenvalue weighted by molar-refractivity contribution is 6.31. The number of nitrogens with zero attached hydrogens (tertiary/aromatic N) is 2. The number of benzene rings is 4. The summed E-state index contributed by atoms with van der Waals surface area (Å²) in [6.07, 6.45) is 0.319. The van der Waals surface area contributed by atoms with Crippen LogP contribution in [0.1, 0.15) is 35.3 Å². The van der Waals surface area contributed by atoms with Crippen molar-refractivity contribution in [2.45, 2.75) is 38.9 Å². The molecule has 1 aliphatic heterocycles. The van der Waals surface area contributed by atoms with E-state index in [2.05, 4.69) is 5.32 Å². The van der Waals surface area contributed by atoms with Crippen LogP contribution in [0.15, 0.2) is 91.0 Å². The van der Waals surface area contributed by atoms with Crippen LogP contribution in [0.5, 0.6) is 0 Å². The van der Waals surface area contributed by atoms with Gasteiger partial charge in [0.05, 0.1) is 5.69 Å². The van der Waals surface area contributed by atoms with Gasteiger partial charge in [-0.1, -0.05) is 84.4 Å². The summed E-state index contributed by atoms with van der Waals surface area (Å²) in [7, 11) is 0. The van der Waals surface area contributed by atoms with E-state index >= 15 is 0 Å². The van der Waals surface area contributed by atoms with Crippen LogP contribution in [-0.2, 0) is 22.6 Å². The van der Waals surface area contributed by atoms with Crippen molar-refractivity contribution in [1.82, 2.24) is 10.2 Å². The lowest BCUT2D eigenvalue weighted by atomic mass is 10.0. The molecule has 198 valence electrons. The average Bonchev–Trinajstić information content (AvgIpc) is 3.19. The van der Waals surface area contributed by atoms with E-state index in [1.165, 1.54) is 4.90 Å². The van der Waals surface area contributed by atoms with Crippen molar-refractivity contribution in [1.29, 1.82) is 0 Å². The van der Waals surface area contributed by atoms with Crippen molar-refractivity contribution in [3.63, 3.8) is 0 Å². The van der Waals surface area contributed by atoms with Crippen LogP contribution in [0, 0.1) is 0 Å². The first kappa shape index (κ1) is 26.4. The fraction of sp³-hybridized carbons (Fsp3) is 0.219. The van der Waals surface area contributed by atoms with E-state index < -0.39 is 6.04 Å². The first-order chi connectivity index (χ1) is 18.8. The lowest BCUT2D eigenvalue weighted by molar-refractivity contribution is -0.140. The van der Waals surface area contributed by atoms with Crippen molar-refractivity contribution in [3.8, 4) is 0 Å². The van der Waals surface area contributed by atoms with Gasteiger partial charge in [-0.05, 0) is 48.6 Å². The molecule has 7 heteroatoms. The summed E-state index contributed by atoms with van der Waals surface area (Å²) < 4.78 is 0. The van der Waals surface area contributed by atoms with Gasteiger partial charge in [-0.2, -0.15) is 0 Å². The summed E-state index contributed by atoms with van der Waals surface area (Å²) in [5.41, 5.74) is 2.92. The Morgan fingerprint density at radius 3 is 2.31 bits per heavy atom. The third-order valence-corrected chi connectivity index (χ3v) is 7.31. The quantitative estimate of drug-likeness (QED) is 0.300. The Balaban J connectivity index is 1.52. The van der Waals surface area contributed by atoms with Crippen LogP contribution in [0.2, 0.25) is 5.02 Å². The first-order valence-electron chi connectivity index (χ1n) is 13.0. The number of hydrogen-bond acceptors (Lipinski definition) is 3. The highest BCUT2D eigenvalue weighted by Crippen LogP contribution is 2.37. The summed E-state index contributed by atoms with van der Waals surface area (Å²) >= 11 is 6.51. The van der Waals surface area contributed by atoms with Gasteiger partial charge in [0.25, 0.3) is 5.91 Å². The van der Waals surface area contributed by atoms with Gasteiger partial charge in [-0.25, -0.2) is 0 Å². The first-order valence-corrected chi connectivity index (χ1v) is 13.4. The maximum atomic E-state index is 14.2. The second kappa shape index (κ2) is 11.3. The predicted molar refractivity (Wildman–Crippen MR) is 155 cm³/mol. The van der Waals surface area contributed by atoms with E-state index in [0.717, 1.165) is 21.9 Å². The highest BCUT2D eigenvalue weighted by atomic mass is 35.5. The SMILES string of the molecule is CC(C)NC(=O)[C@@H](Cc1ccccc1)N(Cc1ccccc1Cl)C(=O)CN1C(=O)c2cccc3cccc1c23. The van der Waals surface area contributed by atoms with Gasteiger partial charge in [-0.15, -0.1) is 0 Å². The minimum atomic E-state index is -0.811. The Morgan fingerprint density at radius 1 is 0.897 bits per heavy atom. The lowest BCUT2D eigenvalue weighted by Crippen LogP contribution is -2.54. The Morgan fingerprint density at radius 2 is 1.59 bits per heavy atom. The summed E-state index contributed by atoms with van der Waals surface area (Å²) in [6.45, 7) is 3.70. The molecule has 4 aromatic carbocycles. The number of rotatable bonds is 9. The van der Waals surface area contributed by atoms with Crippen LogP contribution in [0.4, 0.5) is 5.69 Å². The topological polar surface area (TPSA) is 69.7 Å². The minimum absolute atomic E-state index is 0.111. The molecule has 5 rings (SSSR count). The van der Waals surface area contributed by atoms with E-state index in [1.54, 1.807) is 17.0 Å². The maximum Gasteiger partial charge on any atom is 0.259 e. The van der Waals surface area contributed by atoms with E-state index in [9.17, 15) is 14.4 Å². The normalized spacial score (nSPS) is 13.1. The molecule has 1 aliphatic rings. The van der Waals surface area contributed by atoms with E-state index in [4.69, 9.17) is 11.6 Å². The second-order valence-corrected chi connectivity index (χ2v) is 10.5. The van der Waals surface area contributed by atoms with E-state index in [1.807, 2.05) is 92.7 Å². The van der Waals surface area contributed by atoms with E-state index in [0.29, 0.717) is 22.7 Å². The molecule has 1 heterocycles. The number of halogens is 1. The molecule has 0 unspecified atom stereocenters. The monoisotopic (exact) mass is 539 g/mol. The summed E-state index contributed by atoms with van der Waals surface area (Å²) in [5.74, 6) is -0.820.